The number of aliphatic imine (C=N–C) groups is 1. The molecule has 1 aromatic carbocycles. The zero-order valence-corrected chi connectivity index (χ0v) is 18.0. The lowest BCUT2D eigenvalue weighted by atomic mass is 9.98. The molecule has 31 heavy (non-hydrogen) atoms. The summed E-state index contributed by atoms with van der Waals surface area (Å²) < 4.78 is 44.1. The minimum Gasteiger partial charge on any atom is -0.466 e. The number of nitrogens with one attached hydrogen (secondary N) is 1. The first kappa shape index (κ1) is 24.5. The molecular weight excluding hydrogens is 413 g/mol. The second kappa shape index (κ2) is 11.0. The minimum absolute atomic E-state index is 0.00296. The molecular formula is C21H29F3N4O3. The van der Waals surface area contributed by atoms with Crippen molar-refractivity contribution in [1.82, 2.24) is 15.1 Å². The maximum Gasteiger partial charge on any atom is 0.416 e. The fourth-order valence-corrected chi connectivity index (χ4v) is 3.21. The molecule has 0 radical (unpaired) electrons. The molecule has 172 valence electrons. The first-order valence-corrected chi connectivity index (χ1v) is 10.2. The van der Waals surface area contributed by atoms with E-state index >= 15 is 0 Å². The van der Waals surface area contributed by atoms with Crippen LogP contribution >= 0.6 is 0 Å². The molecule has 1 fully saturated rings. The summed E-state index contributed by atoms with van der Waals surface area (Å²) in [6.45, 7) is 3.00. The van der Waals surface area contributed by atoms with Gasteiger partial charge in [0.1, 0.15) is 0 Å². The van der Waals surface area contributed by atoms with Crippen LogP contribution in [0.5, 0.6) is 0 Å². The number of carbonyl (C=O) groups excluding carboxylic acids is 2. The van der Waals surface area contributed by atoms with E-state index in [9.17, 15) is 22.8 Å². The van der Waals surface area contributed by atoms with Gasteiger partial charge in [0.25, 0.3) is 0 Å². The van der Waals surface area contributed by atoms with Crippen molar-refractivity contribution in [1.29, 1.82) is 0 Å². The highest BCUT2D eigenvalue weighted by Crippen LogP contribution is 2.29. The summed E-state index contributed by atoms with van der Waals surface area (Å²) in [7, 11) is 3.25. The Morgan fingerprint density at radius 1 is 1.32 bits per heavy atom. The van der Waals surface area contributed by atoms with E-state index < -0.39 is 11.7 Å². The Hall–Kier alpha value is -2.78. The van der Waals surface area contributed by atoms with Crippen molar-refractivity contribution in [3.8, 4) is 0 Å². The summed E-state index contributed by atoms with van der Waals surface area (Å²) in [4.78, 5) is 31.9. The first-order chi connectivity index (χ1) is 14.6. The topological polar surface area (TPSA) is 74.2 Å². The number of rotatable bonds is 6. The maximum absolute atomic E-state index is 13.0. The van der Waals surface area contributed by atoms with Gasteiger partial charge in [-0.2, -0.15) is 13.2 Å². The van der Waals surface area contributed by atoms with E-state index in [1.165, 1.54) is 11.0 Å². The number of likely N-dealkylation sites (N-methyl/N-ethyl adjacent to an activating group) is 1. The molecule has 1 heterocycles. The molecule has 1 atom stereocenters. The SMILES string of the molecule is CCOC(=O)C1CCCN(C(=NCc2cccc(C(F)(F)F)c2)NCC(=O)N(C)C)C1. The summed E-state index contributed by atoms with van der Waals surface area (Å²) in [5.74, 6) is -0.403. The summed E-state index contributed by atoms with van der Waals surface area (Å²) >= 11 is 0. The summed E-state index contributed by atoms with van der Waals surface area (Å²) in [6.07, 6.45) is -3.01. The van der Waals surface area contributed by atoms with Crippen LogP contribution in [0.15, 0.2) is 29.3 Å². The number of piperidine rings is 1. The fraction of sp³-hybridized carbons (Fsp3) is 0.571. The smallest absolute Gasteiger partial charge is 0.416 e. The molecule has 1 aliphatic heterocycles. The van der Waals surface area contributed by atoms with E-state index in [1.54, 1.807) is 27.1 Å². The number of alkyl halides is 3. The van der Waals surface area contributed by atoms with E-state index in [2.05, 4.69) is 10.3 Å². The van der Waals surface area contributed by atoms with Crippen molar-refractivity contribution in [3.63, 3.8) is 0 Å². The Bertz CT molecular complexity index is 796. The van der Waals surface area contributed by atoms with E-state index in [0.717, 1.165) is 18.6 Å². The van der Waals surface area contributed by atoms with Crippen molar-refractivity contribution >= 4 is 17.8 Å². The van der Waals surface area contributed by atoms with Gasteiger partial charge in [0, 0.05) is 27.2 Å². The van der Waals surface area contributed by atoms with Gasteiger partial charge in [-0.3, -0.25) is 9.59 Å². The predicted octanol–water partition coefficient (Wildman–Crippen LogP) is 2.51. The molecule has 1 aliphatic rings. The Morgan fingerprint density at radius 2 is 2.06 bits per heavy atom. The van der Waals surface area contributed by atoms with Gasteiger partial charge in [-0.1, -0.05) is 12.1 Å². The van der Waals surface area contributed by atoms with Gasteiger partial charge in [0.05, 0.1) is 31.2 Å². The highest BCUT2D eigenvalue weighted by molar-refractivity contribution is 5.87. The third-order valence-corrected chi connectivity index (χ3v) is 4.90. The molecule has 1 aromatic rings. The Balaban J connectivity index is 2.19. The second-order valence-corrected chi connectivity index (χ2v) is 7.52. The van der Waals surface area contributed by atoms with Gasteiger partial charge in [-0.15, -0.1) is 0 Å². The van der Waals surface area contributed by atoms with E-state index in [4.69, 9.17) is 4.74 Å². The zero-order valence-electron chi connectivity index (χ0n) is 18.0. The Labute approximate surface area is 180 Å². The molecule has 1 saturated heterocycles. The van der Waals surface area contributed by atoms with E-state index in [0.29, 0.717) is 37.6 Å². The van der Waals surface area contributed by atoms with Crippen LogP contribution in [0.25, 0.3) is 0 Å². The van der Waals surface area contributed by atoms with Crippen LogP contribution in [0, 0.1) is 5.92 Å². The number of hydrogen-bond donors (Lipinski definition) is 1. The lowest BCUT2D eigenvalue weighted by molar-refractivity contribution is -0.149. The summed E-state index contributed by atoms with van der Waals surface area (Å²) in [5, 5.41) is 2.99. The number of esters is 1. The van der Waals surface area contributed by atoms with Gasteiger partial charge in [0.2, 0.25) is 5.91 Å². The zero-order chi connectivity index (χ0) is 23.0. The predicted molar refractivity (Wildman–Crippen MR) is 110 cm³/mol. The highest BCUT2D eigenvalue weighted by Gasteiger charge is 2.31. The molecule has 2 rings (SSSR count). The number of guanidine groups is 1. The highest BCUT2D eigenvalue weighted by atomic mass is 19.4. The molecule has 1 unspecified atom stereocenters. The quantitative estimate of drug-likeness (QED) is 0.416. The largest absolute Gasteiger partial charge is 0.466 e. The molecule has 0 aliphatic carbocycles. The molecule has 0 aromatic heterocycles. The van der Waals surface area contributed by atoms with Crippen molar-refractivity contribution in [3.05, 3.63) is 35.4 Å². The first-order valence-electron chi connectivity index (χ1n) is 10.2. The van der Waals surface area contributed by atoms with Gasteiger partial charge in [-0.25, -0.2) is 4.99 Å². The number of amides is 1. The molecule has 7 nitrogen and oxygen atoms in total. The molecule has 0 bridgehead atoms. The normalized spacial score (nSPS) is 17.3. The number of nitrogens with zero attached hydrogens (tertiary/aromatic N) is 3. The van der Waals surface area contributed by atoms with Gasteiger partial charge in [0.15, 0.2) is 5.96 Å². The number of likely N-dealkylation sites (tertiary alicyclic amines) is 1. The van der Waals surface area contributed by atoms with Gasteiger partial charge in [-0.05, 0) is 37.5 Å². The lowest BCUT2D eigenvalue weighted by Gasteiger charge is -2.34. The lowest BCUT2D eigenvalue weighted by Crippen LogP contribution is -2.50. The van der Waals surface area contributed by atoms with E-state index in [-0.39, 0.29) is 30.9 Å². The molecule has 1 amide bonds. The molecule has 0 spiro atoms. The van der Waals surface area contributed by atoms with Crippen molar-refractivity contribution in [2.24, 2.45) is 10.9 Å². The van der Waals surface area contributed by atoms with Crippen LogP contribution < -0.4 is 5.32 Å². The van der Waals surface area contributed by atoms with Crippen LogP contribution in [0.4, 0.5) is 13.2 Å². The van der Waals surface area contributed by atoms with Gasteiger partial charge >= 0.3 is 12.1 Å². The van der Waals surface area contributed by atoms with Crippen LogP contribution in [0.3, 0.4) is 0 Å². The number of benzene rings is 1. The van der Waals surface area contributed by atoms with Crippen LogP contribution in [0.1, 0.15) is 30.9 Å². The number of carbonyl (C=O) groups is 2. The summed E-state index contributed by atoms with van der Waals surface area (Å²) in [6, 6.07) is 4.98. The van der Waals surface area contributed by atoms with E-state index in [1.807, 2.05) is 4.90 Å². The minimum atomic E-state index is -4.43. The van der Waals surface area contributed by atoms with Crippen molar-refractivity contribution in [2.75, 3.05) is 40.3 Å². The summed E-state index contributed by atoms with van der Waals surface area (Å²) in [5.41, 5.74) is -0.343. The van der Waals surface area contributed by atoms with Crippen LogP contribution in [-0.2, 0) is 27.0 Å². The third-order valence-electron chi connectivity index (χ3n) is 4.90. The van der Waals surface area contributed by atoms with Crippen molar-refractivity contribution < 1.29 is 27.5 Å². The standard InChI is InChI=1S/C21H29F3N4O3/c1-4-31-19(30)16-8-6-10-28(14-16)20(26-13-18(29)27(2)3)25-12-15-7-5-9-17(11-15)21(22,23)24/h5,7,9,11,16H,4,6,8,10,12-14H2,1-3H3,(H,25,26). The van der Waals surface area contributed by atoms with Crippen LogP contribution in [-0.4, -0.2) is 68.0 Å². The van der Waals surface area contributed by atoms with Crippen molar-refractivity contribution in [2.45, 2.75) is 32.5 Å². The molecule has 0 saturated carbocycles. The average Bonchev–Trinajstić information content (AvgIpc) is 2.73. The fourth-order valence-electron chi connectivity index (χ4n) is 3.21. The number of ether oxygens (including phenoxy) is 1. The molecule has 10 heteroatoms. The van der Waals surface area contributed by atoms with Crippen LogP contribution in [0.2, 0.25) is 0 Å². The molecule has 1 N–H and O–H groups in total. The monoisotopic (exact) mass is 442 g/mol. The average molecular weight is 442 g/mol. The number of hydrogen-bond acceptors (Lipinski definition) is 4. The third kappa shape index (κ3) is 7.45. The Kier molecular flexibility index (Phi) is 8.70. The Morgan fingerprint density at radius 3 is 2.71 bits per heavy atom. The van der Waals surface area contributed by atoms with Gasteiger partial charge < -0.3 is 19.9 Å². The number of halogens is 3. The maximum atomic E-state index is 13.0. The second-order valence-electron chi connectivity index (χ2n) is 7.52.